The van der Waals surface area contributed by atoms with Gasteiger partial charge in [0, 0.05) is 12.1 Å². The highest BCUT2D eigenvalue weighted by Gasteiger charge is 2.01. The highest BCUT2D eigenvalue weighted by molar-refractivity contribution is 5.34. The monoisotopic (exact) mass is 232 g/mol. The molecule has 1 heterocycles. The number of hydrogen-bond donors (Lipinski definition) is 1. The molecule has 1 aromatic carbocycles. The highest BCUT2D eigenvalue weighted by Crippen LogP contribution is 2.23. The Morgan fingerprint density at radius 2 is 1.94 bits per heavy atom. The van der Waals surface area contributed by atoms with Gasteiger partial charge in [0.05, 0.1) is 19.4 Å². The number of hydrogen-bond acceptors (Lipinski definition) is 5. The molecule has 0 fully saturated rings. The van der Waals surface area contributed by atoms with Crippen molar-refractivity contribution < 1.29 is 14.6 Å². The molecule has 2 rings (SSSR count). The summed E-state index contributed by atoms with van der Waals surface area (Å²) in [5, 5.41) is 16.4. The Bertz CT molecular complexity index is 485. The number of aromatic nitrogens is 2. The first-order valence-corrected chi connectivity index (χ1v) is 5.07. The number of methoxy groups -OCH3 is 1. The van der Waals surface area contributed by atoms with Crippen molar-refractivity contribution in [3.8, 4) is 17.4 Å². The van der Waals surface area contributed by atoms with E-state index >= 15 is 0 Å². The average Bonchev–Trinajstić information content (AvgIpc) is 2.40. The average molecular weight is 232 g/mol. The van der Waals surface area contributed by atoms with E-state index in [9.17, 15) is 0 Å². The summed E-state index contributed by atoms with van der Waals surface area (Å²) in [5.74, 6) is 1.70. The second-order valence-electron chi connectivity index (χ2n) is 3.30. The van der Waals surface area contributed by atoms with Gasteiger partial charge in [-0.05, 0) is 18.2 Å². The molecule has 0 spiro atoms. The van der Waals surface area contributed by atoms with Gasteiger partial charge in [-0.1, -0.05) is 6.07 Å². The Kier molecular flexibility index (Phi) is 3.52. The van der Waals surface area contributed by atoms with Gasteiger partial charge in [0.2, 0.25) is 5.88 Å². The molecule has 0 aliphatic rings. The lowest BCUT2D eigenvalue weighted by atomic mass is 10.3. The van der Waals surface area contributed by atoms with E-state index in [4.69, 9.17) is 14.6 Å². The van der Waals surface area contributed by atoms with E-state index in [0.717, 1.165) is 0 Å². The zero-order chi connectivity index (χ0) is 12.1. The third kappa shape index (κ3) is 2.92. The quantitative estimate of drug-likeness (QED) is 0.870. The molecule has 0 atom stereocenters. The minimum absolute atomic E-state index is 0.133. The molecule has 0 amide bonds. The normalized spacial score (nSPS) is 10.0. The van der Waals surface area contributed by atoms with E-state index in [2.05, 4.69) is 10.2 Å². The van der Waals surface area contributed by atoms with Crippen molar-refractivity contribution in [2.45, 2.75) is 6.61 Å². The Morgan fingerprint density at radius 1 is 1.12 bits per heavy atom. The molecule has 17 heavy (non-hydrogen) atoms. The van der Waals surface area contributed by atoms with E-state index in [1.165, 1.54) is 0 Å². The summed E-state index contributed by atoms with van der Waals surface area (Å²) in [6.07, 6.45) is 0. The van der Waals surface area contributed by atoms with Gasteiger partial charge in [0.1, 0.15) is 11.5 Å². The van der Waals surface area contributed by atoms with E-state index in [0.29, 0.717) is 23.1 Å². The highest BCUT2D eigenvalue weighted by atomic mass is 16.5. The van der Waals surface area contributed by atoms with Crippen LogP contribution in [0.25, 0.3) is 0 Å². The molecular formula is C12H12N2O3. The molecule has 2 aromatic rings. The van der Waals surface area contributed by atoms with Crippen molar-refractivity contribution in [1.29, 1.82) is 0 Å². The first-order chi connectivity index (χ1) is 8.31. The third-order valence-electron chi connectivity index (χ3n) is 2.12. The van der Waals surface area contributed by atoms with Crippen molar-refractivity contribution in [1.82, 2.24) is 10.2 Å². The van der Waals surface area contributed by atoms with Crippen molar-refractivity contribution in [2.24, 2.45) is 0 Å². The maximum atomic E-state index is 8.83. The largest absolute Gasteiger partial charge is 0.497 e. The number of aliphatic hydroxyl groups excluding tert-OH is 1. The van der Waals surface area contributed by atoms with E-state index in [1.807, 2.05) is 12.1 Å². The number of nitrogens with zero attached hydrogens (tertiary/aromatic N) is 2. The van der Waals surface area contributed by atoms with Crippen LogP contribution in [0.1, 0.15) is 5.69 Å². The number of ether oxygens (including phenoxy) is 2. The molecule has 1 aromatic heterocycles. The van der Waals surface area contributed by atoms with Gasteiger partial charge in [-0.3, -0.25) is 0 Å². The van der Waals surface area contributed by atoms with Crippen LogP contribution in [-0.2, 0) is 6.61 Å². The fraction of sp³-hybridized carbons (Fsp3) is 0.167. The zero-order valence-corrected chi connectivity index (χ0v) is 9.33. The van der Waals surface area contributed by atoms with Gasteiger partial charge in [0.15, 0.2) is 0 Å². The van der Waals surface area contributed by atoms with Gasteiger partial charge in [0.25, 0.3) is 0 Å². The van der Waals surface area contributed by atoms with Crippen LogP contribution in [0.3, 0.4) is 0 Å². The third-order valence-corrected chi connectivity index (χ3v) is 2.12. The molecule has 1 N–H and O–H groups in total. The molecule has 0 aliphatic carbocycles. The summed E-state index contributed by atoms with van der Waals surface area (Å²) in [7, 11) is 1.59. The minimum Gasteiger partial charge on any atom is -0.497 e. The standard InChI is InChI=1S/C12H12N2O3/c1-16-10-3-2-4-11(7-10)17-12-6-5-9(8-15)13-14-12/h2-7,15H,8H2,1H3. The molecule has 5 heteroatoms. The lowest BCUT2D eigenvalue weighted by Gasteiger charge is -2.05. The first-order valence-electron chi connectivity index (χ1n) is 5.07. The van der Waals surface area contributed by atoms with Gasteiger partial charge < -0.3 is 14.6 Å². The Balaban J connectivity index is 2.13. The van der Waals surface area contributed by atoms with E-state index in [-0.39, 0.29) is 6.61 Å². The smallest absolute Gasteiger partial charge is 0.238 e. The van der Waals surface area contributed by atoms with Gasteiger partial charge in [-0.15, -0.1) is 10.2 Å². The fourth-order valence-corrected chi connectivity index (χ4v) is 1.27. The SMILES string of the molecule is COc1cccc(Oc2ccc(CO)nn2)c1. The van der Waals surface area contributed by atoms with E-state index in [1.54, 1.807) is 31.4 Å². The van der Waals surface area contributed by atoms with Crippen molar-refractivity contribution in [3.63, 3.8) is 0 Å². The van der Waals surface area contributed by atoms with Crippen molar-refractivity contribution >= 4 is 0 Å². The van der Waals surface area contributed by atoms with Gasteiger partial charge in [-0.2, -0.15) is 0 Å². The number of benzene rings is 1. The van der Waals surface area contributed by atoms with E-state index < -0.39 is 0 Å². The van der Waals surface area contributed by atoms with Gasteiger partial charge >= 0.3 is 0 Å². The summed E-state index contributed by atoms with van der Waals surface area (Å²) in [5.41, 5.74) is 0.503. The maximum absolute atomic E-state index is 8.83. The van der Waals surface area contributed by atoms with Crippen LogP contribution in [0, 0.1) is 0 Å². The number of aliphatic hydroxyl groups is 1. The van der Waals surface area contributed by atoms with Crippen LogP contribution >= 0.6 is 0 Å². The number of rotatable bonds is 4. The molecule has 0 saturated carbocycles. The molecule has 0 unspecified atom stereocenters. The Morgan fingerprint density at radius 3 is 2.59 bits per heavy atom. The maximum Gasteiger partial charge on any atom is 0.238 e. The molecular weight excluding hydrogens is 220 g/mol. The fourth-order valence-electron chi connectivity index (χ4n) is 1.27. The van der Waals surface area contributed by atoms with Crippen LogP contribution in [0.15, 0.2) is 36.4 Å². The molecule has 0 radical (unpaired) electrons. The first kappa shape index (κ1) is 11.3. The Hall–Kier alpha value is -2.14. The minimum atomic E-state index is -0.133. The summed E-state index contributed by atoms with van der Waals surface area (Å²) in [6, 6.07) is 10.5. The van der Waals surface area contributed by atoms with Crippen LogP contribution in [-0.4, -0.2) is 22.4 Å². The van der Waals surface area contributed by atoms with Crippen molar-refractivity contribution in [3.05, 3.63) is 42.1 Å². The van der Waals surface area contributed by atoms with Crippen LogP contribution in [0.5, 0.6) is 17.4 Å². The molecule has 0 saturated heterocycles. The van der Waals surface area contributed by atoms with Crippen LogP contribution < -0.4 is 9.47 Å². The van der Waals surface area contributed by atoms with Crippen LogP contribution in [0.2, 0.25) is 0 Å². The molecule has 0 aliphatic heterocycles. The summed E-state index contributed by atoms with van der Waals surface area (Å²) < 4.78 is 10.6. The lowest BCUT2D eigenvalue weighted by Crippen LogP contribution is -1.95. The second-order valence-corrected chi connectivity index (χ2v) is 3.30. The summed E-state index contributed by atoms with van der Waals surface area (Å²) >= 11 is 0. The Labute approximate surface area is 98.6 Å². The van der Waals surface area contributed by atoms with Crippen LogP contribution in [0.4, 0.5) is 0 Å². The molecule has 88 valence electrons. The van der Waals surface area contributed by atoms with Crippen molar-refractivity contribution in [2.75, 3.05) is 7.11 Å². The predicted octanol–water partition coefficient (Wildman–Crippen LogP) is 1.77. The molecule has 0 bridgehead atoms. The predicted molar refractivity (Wildman–Crippen MR) is 61.0 cm³/mol. The lowest BCUT2D eigenvalue weighted by molar-refractivity contribution is 0.274. The van der Waals surface area contributed by atoms with Gasteiger partial charge in [-0.25, -0.2) is 0 Å². The summed E-state index contributed by atoms with van der Waals surface area (Å²) in [4.78, 5) is 0. The second kappa shape index (κ2) is 5.27. The molecule has 5 nitrogen and oxygen atoms in total. The summed E-state index contributed by atoms with van der Waals surface area (Å²) in [6.45, 7) is -0.133. The topological polar surface area (TPSA) is 64.5 Å². The zero-order valence-electron chi connectivity index (χ0n) is 9.33.